The molecule has 1 fully saturated rings. The predicted octanol–water partition coefficient (Wildman–Crippen LogP) is 3.13. The SMILES string of the molecule is COc1ccc(Cl)cc1NC(=O)[C@H](C)N1CCN(C(=O)c2ccccc2)CC1. The second-order valence-electron chi connectivity index (χ2n) is 6.70. The molecule has 1 aliphatic rings. The van der Waals surface area contributed by atoms with Crippen LogP contribution in [0.4, 0.5) is 5.69 Å². The van der Waals surface area contributed by atoms with E-state index in [0.717, 1.165) is 0 Å². The number of carbonyl (C=O) groups excluding carboxylic acids is 2. The summed E-state index contributed by atoms with van der Waals surface area (Å²) in [5.41, 5.74) is 1.24. The fourth-order valence-electron chi connectivity index (χ4n) is 3.26. The van der Waals surface area contributed by atoms with Gasteiger partial charge in [-0.3, -0.25) is 14.5 Å². The quantitative estimate of drug-likeness (QED) is 0.836. The van der Waals surface area contributed by atoms with Crippen molar-refractivity contribution < 1.29 is 14.3 Å². The van der Waals surface area contributed by atoms with Gasteiger partial charge in [0.05, 0.1) is 18.8 Å². The summed E-state index contributed by atoms with van der Waals surface area (Å²) in [4.78, 5) is 29.2. The van der Waals surface area contributed by atoms with Crippen molar-refractivity contribution >= 4 is 29.1 Å². The average molecular weight is 402 g/mol. The Kier molecular flexibility index (Phi) is 6.54. The largest absolute Gasteiger partial charge is 0.495 e. The van der Waals surface area contributed by atoms with Gasteiger partial charge in [0.25, 0.3) is 5.91 Å². The maximum atomic E-state index is 12.7. The standard InChI is InChI=1S/C21H24ClN3O3/c1-15(20(26)23-18-14-17(22)8-9-19(18)28-2)24-10-12-25(13-11-24)21(27)16-6-4-3-5-7-16/h3-9,14-15H,10-13H2,1-2H3,(H,23,26)/t15-/m0/s1. The van der Waals surface area contributed by atoms with Crippen LogP contribution in [0.1, 0.15) is 17.3 Å². The summed E-state index contributed by atoms with van der Waals surface area (Å²) in [6.07, 6.45) is 0. The van der Waals surface area contributed by atoms with Crippen molar-refractivity contribution in [2.45, 2.75) is 13.0 Å². The zero-order valence-electron chi connectivity index (χ0n) is 16.0. The molecule has 1 N–H and O–H groups in total. The molecule has 28 heavy (non-hydrogen) atoms. The van der Waals surface area contributed by atoms with Crippen molar-refractivity contribution in [1.82, 2.24) is 9.80 Å². The van der Waals surface area contributed by atoms with Crippen LogP contribution >= 0.6 is 11.6 Å². The van der Waals surface area contributed by atoms with Gasteiger partial charge in [-0.25, -0.2) is 0 Å². The molecular weight excluding hydrogens is 378 g/mol. The van der Waals surface area contributed by atoms with Crippen molar-refractivity contribution in [3.63, 3.8) is 0 Å². The molecule has 148 valence electrons. The van der Waals surface area contributed by atoms with Gasteiger partial charge >= 0.3 is 0 Å². The van der Waals surface area contributed by atoms with Crippen LogP contribution in [0.5, 0.6) is 5.75 Å². The first-order valence-corrected chi connectivity index (χ1v) is 9.60. The molecule has 3 rings (SSSR count). The van der Waals surface area contributed by atoms with E-state index in [1.165, 1.54) is 0 Å². The lowest BCUT2D eigenvalue weighted by Gasteiger charge is -2.37. The number of hydrogen-bond acceptors (Lipinski definition) is 4. The van der Waals surface area contributed by atoms with Crippen molar-refractivity contribution in [2.24, 2.45) is 0 Å². The van der Waals surface area contributed by atoms with Gasteiger partial charge in [0.15, 0.2) is 0 Å². The molecule has 0 aliphatic carbocycles. The highest BCUT2D eigenvalue weighted by atomic mass is 35.5. The number of rotatable bonds is 5. The van der Waals surface area contributed by atoms with Crippen LogP contribution in [-0.2, 0) is 4.79 Å². The molecule has 1 aliphatic heterocycles. The smallest absolute Gasteiger partial charge is 0.253 e. The normalized spacial score (nSPS) is 15.8. The summed E-state index contributed by atoms with van der Waals surface area (Å²) in [7, 11) is 1.55. The molecule has 1 atom stereocenters. The molecule has 0 aromatic heterocycles. The van der Waals surface area contributed by atoms with Crippen molar-refractivity contribution in [1.29, 1.82) is 0 Å². The van der Waals surface area contributed by atoms with Crippen LogP contribution < -0.4 is 10.1 Å². The lowest BCUT2D eigenvalue weighted by Crippen LogP contribution is -2.54. The molecule has 2 amide bonds. The van der Waals surface area contributed by atoms with E-state index in [-0.39, 0.29) is 17.9 Å². The Labute approximate surface area is 170 Å². The van der Waals surface area contributed by atoms with Gasteiger partial charge in [-0.2, -0.15) is 0 Å². The maximum Gasteiger partial charge on any atom is 0.253 e. The molecule has 0 bridgehead atoms. The number of amides is 2. The monoisotopic (exact) mass is 401 g/mol. The topological polar surface area (TPSA) is 61.9 Å². The van der Waals surface area contributed by atoms with Gasteiger partial charge in [0, 0.05) is 36.8 Å². The number of anilines is 1. The van der Waals surface area contributed by atoms with E-state index in [4.69, 9.17) is 16.3 Å². The Morgan fingerprint density at radius 2 is 1.75 bits per heavy atom. The van der Waals surface area contributed by atoms with Gasteiger partial charge in [0.1, 0.15) is 5.75 Å². The number of piperazine rings is 1. The Hall–Kier alpha value is -2.57. The summed E-state index contributed by atoms with van der Waals surface area (Å²) < 4.78 is 5.28. The highest BCUT2D eigenvalue weighted by molar-refractivity contribution is 6.31. The van der Waals surface area contributed by atoms with Gasteiger partial charge in [0.2, 0.25) is 5.91 Å². The van der Waals surface area contributed by atoms with E-state index < -0.39 is 0 Å². The third kappa shape index (κ3) is 4.64. The average Bonchev–Trinajstić information content (AvgIpc) is 2.73. The van der Waals surface area contributed by atoms with Crippen molar-refractivity contribution in [3.8, 4) is 5.75 Å². The van der Waals surface area contributed by atoms with E-state index in [0.29, 0.717) is 48.2 Å². The molecule has 0 radical (unpaired) electrons. The Balaban J connectivity index is 1.57. The van der Waals surface area contributed by atoms with Gasteiger partial charge in [-0.1, -0.05) is 29.8 Å². The summed E-state index contributed by atoms with van der Waals surface area (Å²) in [5, 5.41) is 3.41. The molecule has 1 heterocycles. The van der Waals surface area contributed by atoms with E-state index >= 15 is 0 Å². The lowest BCUT2D eigenvalue weighted by molar-refractivity contribution is -0.121. The number of nitrogens with one attached hydrogen (secondary N) is 1. The van der Waals surface area contributed by atoms with Crippen LogP contribution in [0, 0.1) is 0 Å². The summed E-state index contributed by atoms with van der Waals surface area (Å²) >= 11 is 6.03. The van der Waals surface area contributed by atoms with Crippen molar-refractivity contribution in [3.05, 3.63) is 59.1 Å². The summed E-state index contributed by atoms with van der Waals surface area (Å²) in [6.45, 7) is 4.32. The second kappa shape index (κ2) is 9.08. The minimum atomic E-state index is -0.335. The van der Waals surface area contributed by atoms with E-state index in [2.05, 4.69) is 10.2 Å². The molecule has 7 heteroatoms. The van der Waals surface area contributed by atoms with Gasteiger partial charge in [-0.05, 0) is 37.3 Å². The number of benzene rings is 2. The number of carbonyl (C=O) groups is 2. The zero-order chi connectivity index (χ0) is 20.1. The minimum Gasteiger partial charge on any atom is -0.495 e. The molecule has 2 aromatic carbocycles. The summed E-state index contributed by atoms with van der Waals surface area (Å²) in [5.74, 6) is 0.452. The first-order chi connectivity index (χ1) is 13.5. The van der Waals surface area contributed by atoms with E-state index in [9.17, 15) is 9.59 Å². The van der Waals surface area contributed by atoms with Crippen LogP contribution in [0.25, 0.3) is 0 Å². The first-order valence-electron chi connectivity index (χ1n) is 9.22. The molecule has 0 spiro atoms. The van der Waals surface area contributed by atoms with E-state index in [1.54, 1.807) is 25.3 Å². The van der Waals surface area contributed by atoms with Crippen molar-refractivity contribution in [2.75, 3.05) is 38.6 Å². The zero-order valence-corrected chi connectivity index (χ0v) is 16.8. The molecule has 0 unspecified atom stereocenters. The number of methoxy groups -OCH3 is 1. The molecule has 1 saturated heterocycles. The van der Waals surface area contributed by atoms with Crippen LogP contribution in [0.15, 0.2) is 48.5 Å². The van der Waals surface area contributed by atoms with Gasteiger partial charge < -0.3 is 15.0 Å². The van der Waals surface area contributed by atoms with Crippen LogP contribution in [0.3, 0.4) is 0 Å². The molecular formula is C21H24ClN3O3. The fourth-order valence-corrected chi connectivity index (χ4v) is 3.43. The highest BCUT2D eigenvalue weighted by Crippen LogP contribution is 2.28. The first kappa shape index (κ1) is 20.2. The predicted molar refractivity (Wildman–Crippen MR) is 110 cm³/mol. The minimum absolute atomic E-state index is 0.0287. The van der Waals surface area contributed by atoms with Crippen LogP contribution in [0.2, 0.25) is 5.02 Å². The van der Waals surface area contributed by atoms with Crippen LogP contribution in [-0.4, -0.2) is 60.9 Å². The fraction of sp³-hybridized carbons (Fsp3) is 0.333. The summed E-state index contributed by atoms with van der Waals surface area (Å²) in [6, 6.07) is 14.0. The third-order valence-electron chi connectivity index (χ3n) is 4.97. The Morgan fingerprint density at radius 1 is 1.07 bits per heavy atom. The third-order valence-corrected chi connectivity index (χ3v) is 5.20. The number of nitrogens with zero attached hydrogens (tertiary/aromatic N) is 2. The Morgan fingerprint density at radius 3 is 2.39 bits per heavy atom. The molecule has 6 nitrogen and oxygen atoms in total. The number of halogens is 1. The highest BCUT2D eigenvalue weighted by Gasteiger charge is 2.28. The lowest BCUT2D eigenvalue weighted by atomic mass is 10.1. The molecule has 2 aromatic rings. The molecule has 0 saturated carbocycles. The maximum absolute atomic E-state index is 12.7. The van der Waals surface area contributed by atoms with E-state index in [1.807, 2.05) is 42.2 Å². The second-order valence-corrected chi connectivity index (χ2v) is 7.14. The Bertz CT molecular complexity index is 836. The number of ether oxygens (including phenoxy) is 1. The number of hydrogen-bond donors (Lipinski definition) is 1. The van der Waals surface area contributed by atoms with Gasteiger partial charge in [-0.15, -0.1) is 0 Å².